The molecule has 0 radical (unpaired) electrons. The lowest BCUT2D eigenvalue weighted by molar-refractivity contribution is -0.136. The molecule has 1 amide bonds. The van der Waals surface area contributed by atoms with E-state index in [2.05, 4.69) is 10.3 Å². The molecule has 1 aliphatic heterocycles. The first kappa shape index (κ1) is 14.0. The number of rotatable bonds is 4. The summed E-state index contributed by atoms with van der Waals surface area (Å²) >= 11 is 0. The van der Waals surface area contributed by atoms with Crippen LogP contribution in [0, 0.1) is 5.41 Å². The van der Waals surface area contributed by atoms with Gasteiger partial charge in [-0.25, -0.2) is 0 Å². The van der Waals surface area contributed by atoms with Crippen LogP contribution >= 0.6 is 0 Å². The van der Waals surface area contributed by atoms with Gasteiger partial charge in [0.25, 0.3) is 0 Å². The SMILES string of the molecule is C[C@H](NC(=O)C1(CN)CCOCC1)c1ccncc1. The van der Waals surface area contributed by atoms with Crippen molar-refractivity contribution in [3.05, 3.63) is 30.1 Å². The van der Waals surface area contributed by atoms with Gasteiger partial charge < -0.3 is 15.8 Å². The zero-order valence-electron chi connectivity index (χ0n) is 11.3. The third kappa shape index (κ3) is 3.11. The van der Waals surface area contributed by atoms with E-state index < -0.39 is 5.41 Å². The summed E-state index contributed by atoms with van der Waals surface area (Å²) in [5.74, 6) is 0.0302. The van der Waals surface area contributed by atoms with E-state index in [0.717, 1.165) is 5.56 Å². The van der Waals surface area contributed by atoms with Gasteiger partial charge in [-0.3, -0.25) is 9.78 Å². The van der Waals surface area contributed by atoms with Crippen LogP contribution < -0.4 is 11.1 Å². The van der Waals surface area contributed by atoms with Crippen molar-refractivity contribution in [3.8, 4) is 0 Å². The van der Waals surface area contributed by atoms with Crippen LogP contribution in [-0.4, -0.2) is 30.6 Å². The molecule has 3 N–H and O–H groups in total. The Labute approximate surface area is 113 Å². The number of carbonyl (C=O) groups is 1. The highest BCUT2D eigenvalue weighted by molar-refractivity contribution is 5.83. The lowest BCUT2D eigenvalue weighted by Crippen LogP contribution is -2.49. The number of hydrogen-bond acceptors (Lipinski definition) is 4. The summed E-state index contributed by atoms with van der Waals surface area (Å²) in [6, 6.07) is 3.77. The highest BCUT2D eigenvalue weighted by Crippen LogP contribution is 2.30. The number of aromatic nitrogens is 1. The van der Waals surface area contributed by atoms with Gasteiger partial charge in [0.2, 0.25) is 5.91 Å². The van der Waals surface area contributed by atoms with Crippen molar-refractivity contribution in [1.82, 2.24) is 10.3 Å². The van der Waals surface area contributed by atoms with Crippen molar-refractivity contribution in [2.24, 2.45) is 11.1 Å². The molecule has 0 aliphatic carbocycles. The maximum atomic E-state index is 12.5. The van der Waals surface area contributed by atoms with Crippen LogP contribution in [0.4, 0.5) is 0 Å². The molecule has 1 aliphatic rings. The Hall–Kier alpha value is -1.46. The van der Waals surface area contributed by atoms with Crippen molar-refractivity contribution in [1.29, 1.82) is 0 Å². The number of nitrogens with two attached hydrogens (primary N) is 1. The minimum Gasteiger partial charge on any atom is -0.381 e. The van der Waals surface area contributed by atoms with Gasteiger partial charge in [0.15, 0.2) is 0 Å². The number of pyridine rings is 1. The molecular weight excluding hydrogens is 242 g/mol. The van der Waals surface area contributed by atoms with Crippen molar-refractivity contribution in [2.75, 3.05) is 19.8 Å². The summed E-state index contributed by atoms with van der Waals surface area (Å²) in [6.07, 6.45) is 4.84. The summed E-state index contributed by atoms with van der Waals surface area (Å²) in [4.78, 5) is 16.4. The molecule has 1 saturated heterocycles. The molecule has 104 valence electrons. The maximum absolute atomic E-state index is 12.5. The molecule has 5 nitrogen and oxygen atoms in total. The Kier molecular flexibility index (Phi) is 4.50. The van der Waals surface area contributed by atoms with Crippen LogP contribution in [0.3, 0.4) is 0 Å². The lowest BCUT2D eigenvalue weighted by atomic mass is 9.79. The van der Waals surface area contributed by atoms with Gasteiger partial charge >= 0.3 is 0 Å². The van der Waals surface area contributed by atoms with Gasteiger partial charge in [0.1, 0.15) is 0 Å². The van der Waals surface area contributed by atoms with Crippen molar-refractivity contribution in [3.63, 3.8) is 0 Å². The van der Waals surface area contributed by atoms with E-state index in [0.29, 0.717) is 32.6 Å². The molecule has 1 fully saturated rings. The molecule has 1 aromatic rings. The summed E-state index contributed by atoms with van der Waals surface area (Å²) in [5.41, 5.74) is 6.40. The third-order valence-electron chi connectivity index (χ3n) is 3.88. The highest BCUT2D eigenvalue weighted by Gasteiger charge is 2.39. The average molecular weight is 263 g/mol. The Morgan fingerprint density at radius 1 is 1.47 bits per heavy atom. The summed E-state index contributed by atoms with van der Waals surface area (Å²) in [5, 5.41) is 3.06. The molecule has 1 atom stereocenters. The Balaban J connectivity index is 2.03. The van der Waals surface area contributed by atoms with E-state index in [-0.39, 0.29) is 11.9 Å². The van der Waals surface area contributed by atoms with Gasteiger partial charge in [0, 0.05) is 32.2 Å². The van der Waals surface area contributed by atoms with Crippen molar-refractivity contribution >= 4 is 5.91 Å². The summed E-state index contributed by atoms with van der Waals surface area (Å²) in [7, 11) is 0. The van der Waals surface area contributed by atoms with E-state index in [9.17, 15) is 4.79 Å². The zero-order chi connectivity index (χ0) is 13.7. The largest absolute Gasteiger partial charge is 0.381 e. The second kappa shape index (κ2) is 6.12. The molecule has 1 aromatic heterocycles. The van der Waals surface area contributed by atoms with Crippen LogP contribution in [-0.2, 0) is 9.53 Å². The van der Waals surface area contributed by atoms with Crippen LogP contribution in [0.15, 0.2) is 24.5 Å². The smallest absolute Gasteiger partial charge is 0.228 e. The second-order valence-electron chi connectivity index (χ2n) is 5.07. The molecule has 0 spiro atoms. The quantitative estimate of drug-likeness (QED) is 0.850. The number of nitrogens with zero attached hydrogens (tertiary/aromatic N) is 1. The van der Waals surface area contributed by atoms with E-state index in [4.69, 9.17) is 10.5 Å². The molecule has 0 bridgehead atoms. The van der Waals surface area contributed by atoms with E-state index in [1.54, 1.807) is 12.4 Å². The lowest BCUT2D eigenvalue weighted by Gasteiger charge is -2.35. The predicted octanol–water partition coefficient (Wildman–Crippen LogP) is 1.01. The minimum atomic E-state index is -0.473. The first-order chi connectivity index (χ1) is 9.18. The number of carbonyl (C=O) groups excluding carboxylic acids is 1. The average Bonchev–Trinajstić information content (AvgIpc) is 2.48. The monoisotopic (exact) mass is 263 g/mol. The molecule has 0 aromatic carbocycles. The third-order valence-corrected chi connectivity index (χ3v) is 3.88. The molecule has 2 rings (SSSR count). The Morgan fingerprint density at radius 3 is 2.68 bits per heavy atom. The second-order valence-corrected chi connectivity index (χ2v) is 5.07. The van der Waals surface area contributed by atoms with Crippen LogP contribution in [0.5, 0.6) is 0 Å². The Morgan fingerprint density at radius 2 is 2.11 bits per heavy atom. The molecule has 19 heavy (non-hydrogen) atoms. The molecular formula is C14H21N3O2. The number of ether oxygens (including phenoxy) is 1. The van der Waals surface area contributed by atoms with Crippen LogP contribution in [0.2, 0.25) is 0 Å². The van der Waals surface area contributed by atoms with Gasteiger partial charge in [0.05, 0.1) is 11.5 Å². The first-order valence-electron chi connectivity index (χ1n) is 6.67. The van der Waals surface area contributed by atoms with Gasteiger partial charge in [-0.2, -0.15) is 0 Å². The van der Waals surface area contributed by atoms with Gasteiger partial charge in [-0.1, -0.05) is 0 Å². The fourth-order valence-electron chi connectivity index (χ4n) is 2.37. The van der Waals surface area contributed by atoms with E-state index in [1.807, 2.05) is 19.1 Å². The van der Waals surface area contributed by atoms with Crippen molar-refractivity contribution in [2.45, 2.75) is 25.8 Å². The first-order valence-corrected chi connectivity index (χ1v) is 6.67. The Bertz CT molecular complexity index is 416. The number of nitrogens with one attached hydrogen (secondary N) is 1. The topological polar surface area (TPSA) is 77.2 Å². The summed E-state index contributed by atoms with van der Waals surface area (Å²) in [6.45, 7) is 3.55. The fourth-order valence-corrected chi connectivity index (χ4v) is 2.37. The molecule has 0 unspecified atom stereocenters. The van der Waals surface area contributed by atoms with E-state index >= 15 is 0 Å². The highest BCUT2D eigenvalue weighted by atomic mass is 16.5. The normalized spacial score (nSPS) is 19.7. The predicted molar refractivity (Wildman–Crippen MR) is 72.3 cm³/mol. The van der Waals surface area contributed by atoms with Crippen LogP contribution in [0.1, 0.15) is 31.4 Å². The zero-order valence-corrected chi connectivity index (χ0v) is 11.3. The van der Waals surface area contributed by atoms with Gasteiger partial charge in [-0.15, -0.1) is 0 Å². The number of hydrogen-bond donors (Lipinski definition) is 2. The maximum Gasteiger partial charge on any atom is 0.228 e. The van der Waals surface area contributed by atoms with E-state index in [1.165, 1.54) is 0 Å². The van der Waals surface area contributed by atoms with Crippen LogP contribution in [0.25, 0.3) is 0 Å². The molecule has 0 saturated carbocycles. The molecule has 5 heteroatoms. The number of amides is 1. The standard InChI is InChI=1S/C14H21N3O2/c1-11(12-2-6-16-7-3-12)17-13(18)14(10-15)4-8-19-9-5-14/h2-3,6-7,11H,4-5,8-10,15H2,1H3,(H,17,18)/t11-/m0/s1. The van der Waals surface area contributed by atoms with Crippen molar-refractivity contribution < 1.29 is 9.53 Å². The summed E-state index contributed by atoms with van der Waals surface area (Å²) < 4.78 is 5.32. The molecule has 2 heterocycles. The fraction of sp³-hybridized carbons (Fsp3) is 0.571. The minimum absolute atomic E-state index is 0.0302. The van der Waals surface area contributed by atoms with Gasteiger partial charge in [-0.05, 0) is 37.5 Å².